The molecule has 6 aliphatic rings. The van der Waals surface area contributed by atoms with E-state index < -0.39 is 5.97 Å². The largest absolute Gasteiger partial charge is 0.481 e. The molecule has 62 valence electrons. The van der Waals surface area contributed by atoms with Crippen LogP contribution in [0.25, 0.3) is 0 Å². The fraction of sp³-hybridized carbons (Fsp3) is 0.900. The number of carboxylic acid groups (broad SMARTS) is 1. The Kier molecular flexibility index (Phi) is 0.443. The zero-order valence-electron chi connectivity index (χ0n) is 6.60. The molecule has 0 aromatic heterocycles. The van der Waals surface area contributed by atoms with Crippen LogP contribution in [0.4, 0.5) is 0 Å². The standard InChI is InChI=1S/C10H10O2/c11-9(12)10-6-3-1-2-4(6)8(10)5(2)7(3)10/h2-8H,1H2,(H,11,12)/t2?,3?,4-,5-,6-,7+,8?,10?/m0/s1. The second kappa shape index (κ2) is 1.01. The second-order valence-corrected chi connectivity index (χ2v) is 5.53. The molecule has 6 aliphatic carbocycles. The molecule has 0 amide bonds. The van der Waals surface area contributed by atoms with E-state index in [0.717, 1.165) is 23.7 Å². The molecule has 0 aliphatic heterocycles. The van der Waals surface area contributed by atoms with E-state index in [4.69, 9.17) is 0 Å². The Bertz CT molecular complexity index is 324. The predicted molar refractivity (Wildman–Crippen MR) is 39.1 cm³/mol. The maximum Gasteiger partial charge on any atom is 0.310 e. The topological polar surface area (TPSA) is 37.3 Å². The molecule has 0 radical (unpaired) electrons. The average Bonchev–Trinajstić information content (AvgIpc) is 2.27. The molecule has 4 unspecified atom stereocenters. The van der Waals surface area contributed by atoms with Crippen molar-refractivity contribution in [2.24, 2.45) is 46.8 Å². The Morgan fingerprint density at radius 2 is 1.83 bits per heavy atom. The van der Waals surface area contributed by atoms with Crippen LogP contribution in [0.3, 0.4) is 0 Å². The van der Waals surface area contributed by atoms with Gasteiger partial charge in [0.25, 0.3) is 0 Å². The Morgan fingerprint density at radius 1 is 1.17 bits per heavy atom. The van der Waals surface area contributed by atoms with Crippen molar-refractivity contribution in [3.05, 3.63) is 0 Å². The van der Waals surface area contributed by atoms with E-state index in [1.165, 1.54) is 6.42 Å². The molecule has 2 heteroatoms. The van der Waals surface area contributed by atoms with Crippen molar-refractivity contribution in [1.29, 1.82) is 0 Å². The molecule has 1 N–H and O–H groups in total. The lowest BCUT2D eigenvalue weighted by Gasteiger charge is -2.89. The van der Waals surface area contributed by atoms with E-state index in [9.17, 15) is 9.90 Å². The maximum absolute atomic E-state index is 11.1. The van der Waals surface area contributed by atoms with Gasteiger partial charge in [-0.1, -0.05) is 0 Å². The van der Waals surface area contributed by atoms with Crippen LogP contribution in [0, 0.1) is 46.8 Å². The van der Waals surface area contributed by atoms with Gasteiger partial charge < -0.3 is 5.11 Å². The van der Waals surface area contributed by atoms with Crippen molar-refractivity contribution in [3.8, 4) is 0 Å². The van der Waals surface area contributed by atoms with E-state index in [-0.39, 0.29) is 5.41 Å². The summed E-state index contributed by atoms with van der Waals surface area (Å²) < 4.78 is 0. The van der Waals surface area contributed by atoms with Gasteiger partial charge in [0.15, 0.2) is 0 Å². The molecule has 0 heterocycles. The summed E-state index contributed by atoms with van der Waals surface area (Å²) in [5.74, 6) is 5.16. The Hall–Kier alpha value is -0.530. The summed E-state index contributed by atoms with van der Waals surface area (Å²) >= 11 is 0. The van der Waals surface area contributed by atoms with E-state index >= 15 is 0 Å². The number of carbonyl (C=O) groups is 1. The summed E-state index contributed by atoms with van der Waals surface area (Å²) in [6.45, 7) is 0. The van der Waals surface area contributed by atoms with Crippen molar-refractivity contribution < 1.29 is 9.90 Å². The van der Waals surface area contributed by atoms with Gasteiger partial charge in [-0.2, -0.15) is 0 Å². The van der Waals surface area contributed by atoms with Gasteiger partial charge >= 0.3 is 5.97 Å². The van der Waals surface area contributed by atoms with Crippen LogP contribution in [0.2, 0.25) is 0 Å². The minimum Gasteiger partial charge on any atom is -0.481 e. The van der Waals surface area contributed by atoms with Gasteiger partial charge in [-0.05, 0) is 47.8 Å². The average molecular weight is 162 g/mol. The summed E-state index contributed by atoms with van der Waals surface area (Å²) in [7, 11) is 0. The maximum atomic E-state index is 11.1. The third-order valence-corrected chi connectivity index (χ3v) is 6.14. The molecular formula is C10H10O2. The van der Waals surface area contributed by atoms with E-state index in [1.807, 2.05) is 0 Å². The monoisotopic (exact) mass is 162 g/mol. The first-order chi connectivity index (χ1) is 5.79. The van der Waals surface area contributed by atoms with Gasteiger partial charge in [0.1, 0.15) is 0 Å². The summed E-state index contributed by atoms with van der Waals surface area (Å²) in [6.07, 6.45) is 1.40. The van der Waals surface area contributed by atoms with Crippen LogP contribution >= 0.6 is 0 Å². The van der Waals surface area contributed by atoms with Gasteiger partial charge in [-0.25, -0.2) is 0 Å². The molecular weight excluding hydrogens is 152 g/mol. The summed E-state index contributed by atoms with van der Waals surface area (Å²) in [6, 6.07) is 0. The first kappa shape index (κ1) is 5.25. The Labute approximate surface area is 70.0 Å². The number of aliphatic carboxylic acids is 1. The molecule has 6 saturated carbocycles. The lowest BCUT2D eigenvalue weighted by Crippen LogP contribution is -2.90. The van der Waals surface area contributed by atoms with Crippen LogP contribution in [-0.2, 0) is 4.79 Å². The lowest BCUT2D eigenvalue weighted by molar-refractivity contribution is -0.430. The number of carboxylic acids is 1. The molecule has 0 aromatic rings. The van der Waals surface area contributed by atoms with Crippen LogP contribution in [-0.4, -0.2) is 11.1 Å². The third-order valence-electron chi connectivity index (χ3n) is 6.14. The molecule has 2 nitrogen and oxygen atoms in total. The SMILES string of the molecule is O=C(O)C12C3[C@H]4C5CC([C@H]41)[C@H]2[C@H]53. The number of rotatable bonds is 1. The summed E-state index contributed by atoms with van der Waals surface area (Å²) in [5.41, 5.74) is -0.132. The van der Waals surface area contributed by atoms with Crippen molar-refractivity contribution in [2.45, 2.75) is 6.42 Å². The van der Waals surface area contributed by atoms with Crippen LogP contribution in [0.15, 0.2) is 0 Å². The predicted octanol–water partition coefficient (Wildman–Crippen LogP) is 0.829. The molecule has 0 spiro atoms. The molecule has 0 aromatic carbocycles. The van der Waals surface area contributed by atoms with Gasteiger partial charge in [0.2, 0.25) is 0 Å². The number of hydrogen-bond acceptors (Lipinski definition) is 1. The Balaban J connectivity index is 1.78. The third kappa shape index (κ3) is 0.192. The summed E-state index contributed by atoms with van der Waals surface area (Å²) in [5, 5.41) is 9.19. The fourth-order valence-electron chi connectivity index (χ4n) is 6.32. The fourth-order valence-corrected chi connectivity index (χ4v) is 6.32. The molecule has 12 heavy (non-hydrogen) atoms. The highest BCUT2D eigenvalue weighted by Gasteiger charge is 3.00. The lowest BCUT2D eigenvalue weighted by atomic mass is 9.13. The first-order valence-electron chi connectivity index (χ1n) is 5.03. The van der Waals surface area contributed by atoms with Crippen LogP contribution in [0.5, 0.6) is 0 Å². The Morgan fingerprint density at radius 3 is 2.33 bits per heavy atom. The quantitative estimate of drug-likeness (QED) is 0.620. The smallest absolute Gasteiger partial charge is 0.310 e. The van der Waals surface area contributed by atoms with E-state index in [0.29, 0.717) is 17.8 Å². The number of hydrogen-bond donors (Lipinski definition) is 1. The van der Waals surface area contributed by atoms with Gasteiger partial charge in [0, 0.05) is 0 Å². The zero-order chi connectivity index (χ0) is 7.83. The molecule has 6 fully saturated rings. The highest BCUT2D eigenvalue weighted by atomic mass is 16.4. The van der Waals surface area contributed by atoms with Gasteiger partial charge in [-0.15, -0.1) is 0 Å². The second-order valence-electron chi connectivity index (χ2n) is 5.53. The minimum absolute atomic E-state index is 0.132. The highest BCUT2D eigenvalue weighted by Crippen LogP contribution is 2.99. The van der Waals surface area contributed by atoms with Gasteiger partial charge in [0.05, 0.1) is 5.41 Å². The molecule has 0 saturated heterocycles. The highest BCUT2D eigenvalue weighted by molar-refractivity contribution is 5.84. The molecule has 2 bridgehead atoms. The minimum atomic E-state index is -0.452. The zero-order valence-corrected chi connectivity index (χ0v) is 6.60. The van der Waals surface area contributed by atoms with Crippen LogP contribution < -0.4 is 0 Å². The van der Waals surface area contributed by atoms with Crippen molar-refractivity contribution in [2.75, 3.05) is 0 Å². The molecule has 8 atom stereocenters. The summed E-state index contributed by atoms with van der Waals surface area (Å²) in [4.78, 5) is 11.1. The van der Waals surface area contributed by atoms with E-state index in [1.54, 1.807) is 0 Å². The first-order valence-corrected chi connectivity index (χ1v) is 5.03. The van der Waals surface area contributed by atoms with Crippen molar-refractivity contribution in [1.82, 2.24) is 0 Å². The van der Waals surface area contributed by atoms with E-state index in [2.05, 4.69) is 0 Å². The van der Waals surface area contributed by atoms with Gasteiger partial charge in [-0.3, -0.25) is 4.79 Å². The normalized spacial score (nSPS) is 82.8. The molecule has 6 rings (SSSR count). The van der Waals surface area contributed by atoms with Crippen LogP contribution in [0.1, 0.15) is 6.42 Å². The van der Waals surface area contributed by atoms with Crippen molar-refractivity contribution >= 4 is 5.97 Å². The van der Waals surface area contributed by atoms with Crippen molar-refractivity contribution in [3.63, 3.8) is 0 Å².